The summed E-state index contributed by atoms with van der Waals surface area (Å²) < 4.78 is 13.7. The molecular weight excluding hydrogens is 317 g/mol. The molecule has 1 saturated heterocycles. The summed E-state index contributed by atoms with van der Waals surface area (Å²) in [7, 11) is 2.16. The van der Waals surface area contributed by atoms with E-state index in [0.717, 1.165) is 70.4 Å². The molecule has 138 valence electrons. The third kappa shape index (κ3) is 4.39. The van der Waals surface area contributed by atoms with Gasteiger partial charge in [-0.2, -0.15) is 0 Å². The number of carbonyl (C=O) groups excluding carboxylic acids is 1. The summed E-state index contributed by atoms with van der Waals surface area (Å²) in [6.45, 7) is 6.18. The van der Waals surface area contributed by atoms with Gasteiger partial charge in [-0.1, -0.05) is 25.0 Å². The van der Waals surface area contributed by atoms with Crippen molar-refractivity contribution in [3.63, 3.8) is 0 Å². The Kier molecular flexibility index (Phi) is 6.07. The minimum Gasteiger partial charge on any atom is -0.355 e. The zero-order valence-corrected chi connectivity index (χ0v) is 15.3. The van der Waals surface area contributed by atoms with Crippen molar-refractivity contribution in [2.24, 2.45) is 0 Å². The second kappa shape index (κ2) is 8.28. The van der Waals surface area contributed by atoms with E-state index in [9.17, 15) is 9.18 Å². The predicted molar refractivity (Wildman–Crippen MR) is 98.1 cm³/mol. The molecule has 3 rings (SSSR count). The Morgan fingerprint density at radius 3 is 2.60 bits per heavy atom. The van der Waals surface area contributed by atoms with Crippen molar-refractivity contribution >= 4 is 5.91 Å². The highest BCUT2D eigenvalue weighted by Gasteiger charge is 2.42. The van der Waals surface area contributed by atoms with Crippen molar-refractivity contribution < 1.29 is 9.18 Å². The monoisotopic (exact) mass is 347 g/mol. The van der Waals surface area contributed by atoms with Crippen LogP contribution in [0, 0.1) is 5.82 Å². The van der Waals surface area contributed by atoms with Crippen LogP contribution < -0.4 is 5.32 Å². The van der Waals surface area contributed by atoms with E-state index in [1.807, 2.05) is 6.07 Å². The molecule has 0 aromatic heterocycles. The highest BCUT2D eigenvalue weighted by molar-refractivity contribution is 5.88. The van der Waals surface area contributed by atoms with E-state index in [0.29, 0.717) is 6.54 Å². The number of halogens is 1. The summed E-state index contributed by atoms with van der Waals surface area (Å²) in [5.41, 5.74) is 0.303. The largest absolute Gasteiger partial charge is 0.355 e. The van der Waals surface area contributed by atoms with Crippen LogP contribution >= 0.6 is 0 Å². The van der Waals surface area contributed by atoms with E-state index in [1.54, 1.807) is 6.07 Å². The van der Waals surface area contributed by atoms with Crippen LogP contribution in [0.15, 0.2) is 24.3 Å². The smallest absolute Gasteiger partial charge is 0.230 e. The van der Waals surface area contributed by atoms with Crippen LogP contribution in [-0.4, -0.2) is 62.0 Å². The van der Waals surface area contributed by atoms with E-state index >= 15 is 0 Å². The minimum atomic E-state index is -0.532. The molecule has 1 aliphatic heterocycles. The number of rotatable bonds is 6. The lowest BCUT2D eigenvalue weighted by Gasteiger charge is -2.32. The zero-order chi connectivity index (χ0) is 17.7. The predicted octanol–water partition coefficient (Wildman–Crippen LogP) is 2.39. The van der Waals surface area contributed by atoms with Gasteiger partial charge in [0, 0.05) is 32.7 Å². The number of amides is 1. The molecule has 1 amide bonds. The van der Waals surface area contributed by atoms with Crippen molar-refractivity contribution in [2.45, 2.75) is 37.5 Å². The first-order valence-corrected chi connectivity index (χ1v) is 9.55. The number of benzene rings is 1. The molecule has 25 heavy (non-hydrogen) atoms. The maximum atomic E-state index is 13.7. The van der Waals surface area contributed by atoms with Crippen LogP contribution in [-0.2, 0) is 10.2 Å². The second-order valence-electron chi connectivity index (χ2n) is 7.55. The molecule has 1 heterocycles. The molecule has 1 N–H and O–H groups in total. The maximum Gasteiger partial charge on any atom is 0.230 e. The summed E-state index contributed by atoms with van der Waals surface area (Å²) in [6, 6.07) is 6.60. The fourth-order valence-electron chi connectivity index (χ4n) is 4.16. The molecule has 2 fully saturated rings. The Labute approximate surface area is 150 Å². The highest BCUT2D eigenvalue weighted by Crippen LogP contribution is 2.41. The SMILES string of the molecule is CN1CCN(CCCNC(=O)C2(c3cccc(F)c3)CCCC2)CC1. The molecule has 1 aromatic carbocycles. The van der Waals surface area contributed by atoms with Crippen LogP contribution in [0.1, 0.15) is 37.7 Å². The van der Waals surface area contributed by atoms with Crippen molar-refractivity contribution in [3.05, 3.63) is 35.6 Å². The van der Waals surface area contributed by atoms with Crippen LogP contribution in [0.25, 0.3) is 0 Å². The maximum absolute atomic E-state index is 13.7. The van der Waals surface area contributed by atoms with Gasteiger partial charge in [0.05, 0.1) is 5.41 Å². The number of carbonyl (C=O) groups is 1. The van der Waals surface area contributed by atoms with Gasteiger partial charge in [-0.3, -0.25) is 4.79 Å². The van der Waals surface area contributed by atoms with E-state index in [2.05, 4.69) is 22.2 Å². The summed E-state index contributed by atoms with van der Waals surface area (Å²) in [6.07, 6.45) is 4.67. The fraction of sp³-hybridized carbons (Fsp3) is 0.650. The molecule has 0 unspecified atom stereocenters. The number of hydrogen-bond donors (Lipinski definition) is 1. The van der Waals surface area contributed by atoms with Crippen LogP contribution in [0.5, 0.6) is 0 Å². The topological polar surface area (TPSA) is 35.6 Å². The molecule has 1 saturated carbocycles. The number of nitrogens with one attached hydrogen (secondary N) is 1. The number of piperazine rings is 1. The lowest BCUT2D eigenvalue weighted by Crippen LogP contribution is -2.46. The summed E-state index contributed by atoms with van der Waals surface area (Å²) in [5.74, 6) is -0.180. The van der Waals surface area contributed by atoms with Gasteiger partial charge in [-0.15, -0.1) is 0 Å². The first-order valence-electron chi connectivity index (χ1n) is 9.55. The van der Waals surface area contributed by atoms with Crippen LogP contribution in [0.4, 0.5) is 4.39 Å². The van der Waals surface area contributed by atoms with Crippen molar-refractivity contribution in [2.75, 3.05) is 46.3 Å². The average molecular weight is 347 g/mol. The standard InChI is InChI=1S/C20H30FN3O/c1-23-12-14-24(15-13-23)11-5-10-22-19(25)20(8-2-3-9-20)17-6-4-7-18(21)16-17/h4,6-7,16H,2-3,5,8-15H2,1H3,(H,22,25). The summed E-state index contributed by atoms with van der Waals surface area (Å²) in [4.78, 5) is 17.7. The normalized spacial score (nSPS) is 21.4. The van der Waals surface area contributed by atoms with Gasteiger partial charge < -0.3 is 15.1 Å². The lowest BCUT2D eigenvalue weighted by molar-refractivity contribution is -0.126. The van der Waals surface area contributed by atoms with Gasteiger partial charge >= 0.3 is 0 Å². The highest BCUT2D eigenvalue weighted by atomic mass is 19.1. The fourth-order valence-corrected chi connectivity index (χ4v) is 4.16. The number of hydrogen-bond acceptors (Lipinski definition) is 3. The molecule has 4 nitrogen and oxygen atoms in total. The van der Waals surface area contributed by atoms with Gasteiger partial charge in [-0.05, 0) is 50.6 Å². The molecule has 0 atom stereocenters. The third-order valence-corrected chi connectivity index (χ3v) is 5.80. The molecule has 0 bridgehead atoms. The minimum absolute atomic E-state index is 0.0778. The van der Waals surface area contributed by atoms with Crippen molar-refractivity contribution in [3.8, 4) is 0 Å². The molecule has 2 aliphatic rings. The third-order valence-electron chi connectivity index (χ3n) is 5.80. The van der Waals surface area contributed by atoms with Crippen LogP contribution in [0.2, 0.25) is 0 Å². The summed E-state index contributed by atoms with van der Waals surface area (Å²) >= 11 is 0. The number of nitrogens with zero attached hydrogens (tertiary/aromatic N) is 2. The number of likely N-dealkylation sites (N-methyl/N-ethyl adjacent to an activating group) is 1. The molecule has 5 heteroatoms. The van der Waals surface area contributed by atoms with E-state index in [1.165, 1.54) is 12.1 Å². The van der Waals surface area contributed by atoms with Gasteiger partial charge in [0.25, 0.3) is 0 Å². The lowest BCUT2D eigenvalue weighted by atomic mass is 9.78. The summed E-state index contributed by atoms with van der Waals surface area (Å²) in [5, 5.41) is 3.13. The van der Waals surface area contributed by atoms with Crippen LogP contribution in [0.3, 0.4) is 0 Å². The van der Waals surface area contributed by atoms with Gasteiger partial charge in [0.15, 0.2) is 0 Å². The Hall–Kier alpha value is -1.46. The Bertz CT molecular complexity index is 578. The van der Waals surface area contributed by atoms with Gasteiger partial charge in [0.1, 0.15) is 5.82 Å². The van der Waals surface area contributed by atoms with Gasteiger partial charge in [-0.25, -0.2) is 4.39 Å². The van der Waals surface area contributed by atoms with E-state index in [4.69, 9.17) is 0 Å². The molecule has 0 spiro atoms. The second-order valence-corrected chi connectivity index (χ2v) is 7.55. The zero-order valence-electron chi connectivity index (χ0n) is 15.3. The average Bonchev–Trinajstić information content (AvgIpc) is 3.11. The quantitative estimate of drug-likeness (QED) is 0.803. The first kappa shape index (κ1) is 18.3. The van der Waals surface area contributed by atoms with E-state index < -0.39 is 5.41 Å². The van der Waals surface area contributed by atoms with Crippen molar-refractivity contribution in [1.82, 2.24) is 15.1 Å². The Morgan fingerprint density at radius 2 is 1.92 bits per heavy atom. The first-order chi connectivity index (χ1) is 12.1. The molecule has 1 aromatic rings. The molecule has 0 radical (unpaired) electrons. The van der Waals surface area contributed by atoms with E-state index in [-0.39, 0.29) is 11.7 Å². The Morgan fingerprint density at radius 1 is 1.20 bits per heavy atom. The van der Waals surface area contributed by atoms with Crippen molar-refractivity contribution in [1.29, 1.82) is 0 Å². The molecular formula is C20H30FN3O. The Balaban J connectivity index is 1.52. The molecule has 1 aliphatic carbocycles. The van der Waals surface area contributed by atoms with Gasteiger partial charge in [0.2, 0.25) is 5.91 Å².